The van der Waals surface area contributed by atoms with Crippen LogP contribution in [0.3, 0.4) is 0 Å². The van der Waals surface area contributed by atoms with E-state index in [2.05, 4.69) is 20.6 Å². The molecule has 30 heavy (non-hydrogen) atoms. The molecule has 6 N–H and O–H groups in total. The molecule has 1 aliphatic rings. The number of nitrogens with two attached hydrogens (primary N) is 2. The third-order valence-corrected chi connectivity index (χ3v) is 4.82. The zero-order valence-corrected chi connectivity index (χ0v) is 16.1. The number of benzene rings is 2. The van der Waals surface area contributed by atoms with Crippen LogP contribution in [0.15, 0.2) is 41.4 Å². The van der Waals surface area contributed by atoms with Gasteiger partial charge in [-0.3, -0.25) is 5.32 Å². The smallest absolute Gasteiger partial charge is 0.211 e. The maximum atomic E-state index is 9.43. The van der Waals surface area contributed by atoms with Gasteiger partial charge in [0.15, 0.2) is 6.19 Å². The maximum Gasteiger partial charge on any atom is 0.211 e. The van der Waals surface area contributed by atoms with Crippen molar-refractivity contribution < 1.29 is 4.74 Å². The highest BCUT2D eigenvalue weighted by molar-refractivity contribution is 5.98. The molecule has 1 atom stereocenters. The number of anilines is 3. The summed E-state index contributed by atoms with van der Waals surface area (Å²) in [6.07, 6.45) is 1.84. The summed E-state index contributed by atoms with van der Waals surface area (Å²) in [4.78, 5) is 8.85. The first-order valence-corrected chi connectivity index (χ1v) is 9.21. The first kappa shape index (κ1) is 18.8. The monoisotopic (exact) mass is 398 g/mol. The van der Waals surface area contributed by atoms with Crippen LogP contribution in [-0.2, 0) is 0 Å². The molecule has 0 amide bonds. The summed E-state index contributed by atoms with van der Waals surface area (Å²) in [6.45, 7) is 2.53. The van der Waals surface area contributed by atoms with Crippen LogP contribution in [0.5, 0.6) is 5.75 Å². The van der Waals surface area contributed by atoms with E-state index in [1.54, 1.807) is 0 Å². The van der Waals surface area contributed by atoms with Gasteiger partial charge in [0, 0.05) is 5.56 Å². The van der Waals surface area contributed by atoms with Gasteiger partial charge in [-0.05, 0) is 41.5 Å². The molecule has 0 saturated heterocycles. The number of nitriles is 2. The number of aliphatic imine (C=N–C) groups is 1. The highest BCUT2D eigenvalue weighted by Gasteiger charge is 2.29. The molecule has 9 nitrogen and oxygen atoms in total. The topological polar surface area (TPSA) is 158 Å². The number of nitrogens with zero attached hydrogens (tertiary/aromatic N) is 4. The zero-order chi connectivity index (χ0) is 21.3. The molecule has 2 aromatic carbocycles. The van der Waals surface area contributed by atoms with Gasteiger partial charge in [-0.15, -0.1) is 0 Å². The number of pyridine rings is 1. The minimum atomic E-state index is -0.576. The predicted octanol–water partition coefficient (Wildman–Crippen LogP) is 2.61. The van der Waals surface area contributed by atoms with E-state index in [1.807, 2.05) is 55.6 Å². The predicted molar refractivity (Wildman–Crippen MR) is 115 cm³/mol. The van der Waals surface area contributed by atoms with Crippen LogP contribution < -0.4 is 26.8 Å². The van der Waals surface area contributed by atoms with E-state index in [4.69, 9.17) is 21.5 Å². The van der Waals surface area contributed by atoms with Gasteiger partial charge in [-0.2, -0.15) is 10.5 Å². The highest BCUT2D eigenvalue weighted by Crippen LogP contribution is 2.41. The third-order valence-electron chi connectivity index (χ3n) is 4.82. The molecule has 0 aliphatic carbocycles. The standard InChI is InChI=1S/C21H18N8O/c1-2-30-14-6-5-11-7-13(4-3-12(11)8-14)18-16-17(24)15(9-22)19(25)28-20(16)29-21(27-18)26-10-23/h3-8,18H,2H2,1H3,(H6,24,25,26,27,28,29). The lowest BCUT2D eigenvalue weighted by atomic mass is 9.93. The summed E-state index contributed by atoms with van der Waals surface area (Å²) < 4.78 is 5.56. The van der Waals surface area contributed by atoms with Gasteiger partial charge in [0.05, 0.1) is 12.3 Å². The van der Waals surface area contributed by atoms with Gasteiger partial charge >= 0.3 is 0 Å². The number of ether oxygens (including phenoxy) is 1. The van der Waals surface area contributed by atoms with Crippen molar-refractivity contribution in [1.82, 2.24) is 10.3 Å². The van der Waals surface area contributed by atoms with E-state index < -0.39 is 6.04 Å². The Bertz CT molecular complexity index is 1270. The number of aromatic nitrogens is 1. The van der Waals surface area contributed by atoms with Crippen LogP contribution in [0.2, 0.25) is 0 Å². The molecule has 0 fully saturated rings. The SMILES string of the molecule is CCOc1ccc2cc(C3N=C(NC#N)Nc4nc(N)c(C#N)c(N)c43)ccc2c1. The number of nitrogens with one attached hydrogen (secondary N) is 2. The lowest BCUT2D eigenvalue weighted by molar-refractivity contribution is 0.341. The Morgan fingerprint density at radius 3 is 2.67 bits per heavy atom. The Morgan fingerprint density at radius 1 is 1.17 bits per heavy atom. The van der Waals surface area contributed by atoms with Gasteiger partial charge in [-0.1, -0.05) is 18.2 Å². The van der Waals surface area contributed by atoms with Crippen molar-refractivity contribution in [3.05, 3.63) is 53.1 Å². The molecule has 4 rings (SSSR count). The Balaban J connectivity index is 1.88. The van der Waals surface area contributed by atoms with Crippen molar-refractivity contribution in [3.8, 4) is 18.0 Å². The van der Waals surface area contributed by atoms with Crippen LogP contribution in [0.4, 0.5) is 17.3 Å². The van der Waals surface area contributed by atoms with Crippen molar-refractivity contribution in [1.29, 1.82) is 10.5 Å². The average Bonchev–Trinajstić information content (AvgIpc) is 2.73. The molecule has 148 valence electrons. The minimum Gasteiger partial charge on any atom is -0.494 e. The molecule has 9 heteroatoms. The van der Waals surface area contributed by atoms with Crippen molar-refractivity contribution in [3.63, 3.8) is 0 Å². The molecular weight excluding hydrogens is 380 g/mol. The van der Waals surface area contributed by atoms with E-state index in [1.165, 1.54) is 0 Å². The van der Waals surface area contributed by atoms with E-state index in [0.29, 0.717) is 18.0 Å². The van der Waals surface area contributed by atoms with Crippen molar-refractivity contribution in [2.24, 2.45) is 4.99 Å². The normalized spacial score (nSPS) is 14.6. The Kier molecular flexibility index (Phi) is 4.71. The Morgan fingerprint density at radius 2 is 1.93 bits per heavy atom. The van der Waals surface area contributed by atoms with E-state index in [-0.39, 0.29) is 23.0 Å². The Hall–Kier alpha value is -4.50. The van der Waals surface area contributed by atoms with Gasteiger partial charge in [0.25, 0.3) is 0 Å². The van der Waals surface area contributed by atoms with Gasteiger partial charge in [0.2, 0.25) is 5.96 Å². The Labute approximate surface area is 172 Å². The first-order valence-electron chi connectivity index (χ1n) is 9.21. The second-order valence-electron chi connectivity index (χ2n) is 6.60. The quantitative estimate of drug-likeness (QED) is 0.387. The van der Waals surface area contributed by atoms with Gasteiger partial charge < -0.3 is 21.5 Å². The molecule has 0 bridgehead atoms. The molecule has 3 aromatic rings. The summed E-state index contributed by atoms with van der Waals surface area (Å²) in [5, 5.41) is 25.9. The summed E-state index contributed by atoms with van der Waals surface area (Å²) in [6, 6.07) is 13.1. The fraction of sp³-hybridized carbons (Fsp3) is 0.143. The molecule has 0 spiro atoms. The number of nitrogen functional groups attached to an aromatic ring is 2. The highest BCUT2D eigenvalue weighted by atomic mass is 16.5. The van der Waals surface area contributed by atoms with E-state index in [9.17, 15) is 5.26 Å². The second kappa shape index (κ2) is 7.49. The van der Waals surface area contributed by atoms with Crippen LogP contribution >= 0.6 is 0 Å². The van der Waals surface area contributed by atoms with Gasteiger partial charge in [-0.25, -0.2) is 9.98 Å². The van der Waals surface area contributed by atoms with Crippen LogP contribution in [0.1, 0.15) is 29.7 Å². The van der Waals surface area contributed by atoms with Crippen molar-refractivity contribution in [2.75, 3.05) is 23.4 Å². The lowest BCUT2D eigenvalue weighted by Crippen LogP contribution is -2.32. The maximum absolute atomic E-state index is 9.43. The minimum absolute atomic E-state index is 0.0140. The number of fused-ring (bicyclic) bond motifs is 2. The first-order chi connectivity index (χ1) is 14.5. The number of rotatable bonds is 3. The fourth-order valence-electron chi connectivity index (χ4n) is 3.49. The molecule has 0 saturated carbocycles. The third kappa shape index (κ3) is 3.15. The zero-order valence-electron chi connectivity index (χ0n) is 16.1. The van der Waals surface area contributed by atoms with Crippen LogP contribution in [-0.4, -0.2) is 17.6 Å². The van der Waals surface area contributed by atoms with Crippen molar-refractivity contribution in [2.45, 2.75) is 13.0 Å². The van der Waals surface area contributed by atoms with Crippen molar-refractivity contribution >= 4 is 34.1 Å². The van der Waals surface area contributed by atoms with E-state index >= 15 is 0 Å². The number of hydrogen-bond acceptors (Lipinski definition) is 9. The van der Waals surface area contributed by atoms with E-state index in [0.717, 1.165) is 22.1 Å². The average molecular weight is 398 g/mol. The molecule has 1 aromatic heterocycles. The fourth-order valence-corrected chi connectivity index (χ4v) is 3.49. The second-order valence-corrected chi connectivity index (χ2v) is 6.60. The van der Waals surface area contributed by atoms with Crippen LogP contribution in [0.25, 0.3) is 10.8 Å². The van der Waals surface area contributed by atoms with Gasteiger partial charge in [0.1, 0.15) is 35.1 Å². The molecule has 2 heterocycles. The van der Waals surface area contributed by atoms with Crippen LogP contribution in [0, 0.1) is 22.8 Å². The summed E-state index contributed by atoms with van der Waals surface area (Å²) in [5.74, 6) is 1.39. The molecule has 0 radical (unpaired) electrons. The largest absolute Gasteiger partial charge is 0.494 e. The molecule has 1 aliphatic heterocycles. The number of hydrogen-bond donors (Lipinski definition) is 4. The lowest BCUT2D eigenvalue weighted by Gasteiger charge is -2.26. The molecule has 1 unspecified atom stereocenters. The summed E-state index contributed by atoms with van der Waals surface area (Å²) >= 11 is 0. The molecular formula is C21H18N8O. The summed E-state index contributed by atoms with van der Waals surface area (Å²) in [7, 11) is 0. The summed E-state index contributed by atoms with van der Waals surface area (Å²) in [5.41, 5.74) is 13.8. The number of guanidine groups is 1.